The summed E-state index contributed by atoms with van der Waals surface area (Å²) >= 11 is 0. The molecule has 3 atom stereocenters. The maximum atomic E-state index is 12.7. The molecule has 0 radical (unpaired) electrons. The molecule has 2 nitrogen and oxygen atoms in total. The minimum atomic E-state index is -4.01. The minimum absolute atomic E-state index is 0.0550. The summed E-state index contributed by atoms with van der Waals surface area (Å²) in [5.41, 5.74) is 0. The van der Waals surface area contributed by atoms with Crippen molar-refractivity contribution < 1.29 is 13.2 Å². The zero-order valence-corrected chi connectivity index (χ0v) is 11.0. The van der Waals surface area contributed by atoms with Crippen LogP contribution >= 0.6 is 0 Å². The van der Waals surface area contributed by atoms with E-state index in [1.54, 1.807) is 0 Å². The first-order valence-corrected chi connectivity index (χ1v) is 6.97. The summed E-state index contributed by atoms with van der Waals surface area (Å²) in [5.74, 6) is -1.09. The van der Waals surface area contributed by atoms with Crippen molar-refractivity contribution >= 4 is 0 Å². The van der Waals surface area contributed by atoms with E-state index < -0.39 is 12.1 Å². The fourth-order valence-electron chi connectivity index (χ4n) is 3.21. The van der Waals surface area contributed by atoms with E-state index in [-0.39, 0.29) is 12.5 Å². The van der Waals surface area contributed by atoms with Crippen LogP contribution in [0, 0.1) is 5.92 Å². The van der Waals surface area contributed by atoms with Crippen molar-refractivity contribution in [3.8, 4) is 0 Å². The lowest BCUT2D eigenvalue weighted by atomic mass is 9.85. The van der Waals surface area contributed by atoms with Gasteiger partial charge in [0.15, 0.2) is 0 Å². The monoisotopic (exact) mass is 264 g/mol. The van der Waals surface area contributed by atoms with Gasteiger partial charge >= 0.3 is 6.18 Å². The van der Waals surface area contributed by atoms with Gasteiger partial charge in [-0.15, -0.1) is 0 Å². The maximum Gasteiger partial charge on any atom is 0.391 e. The first kappa shape index (κ1) is 14.1. The second-order valence-corrected chi connectivity index (χ2v) is 5.79. The van der Waals surface area contributed by atoms with E-state index in [1.807, 2.05) is 0 Å². The lowest BCUT2D eigenvalue weighted by molar-refractivity contribution is -0.183. The molecule has 2 rings (SSSR count). The number of hydrogen-bond acceptors (Lipinski definition) is 2. The van der Waals surface area contributed by atoms with Gasteiger partial charge in [0.2, 0.25) is 0 Å². The number of rotatable bonds is 3. The normalized spacial score (nSPS) is 35.0. The molecule has 0 aromatic carbocycles. The molecule has 1 heterocycles. The van der Waals surface area contributed by atoms with Crippen molar-refractivity contribution in [2.24, 2.45) is 5.92 Å². The lowest BCUT2D eigenvalue weighted by Gasteiger charge is -2.32. The molecule has 0 bridgehead atoms. The first-order valence-electron chi connectivity index (χ1n) is 6.97. The number of halogens is 3. The van der Waals surface area contributed by atoms with E-state index in [9.17, 15) is 13.2 Å². The van der Waals surface area contributed by atoms with Gasteiger partial charge in [-0.3, -0.25) is 0 Å². The predicted octanol–water partition coefficient (Wildman–Crippen LogP) is 2.79. The molecule has 2 aliphatic rings. The molecule has 1 aliphatic heterocycles. The number of alkyl halides is 3. The van der Waals surface area contributed by atoms with Crippen LogP contribution in [-0.4, -0.2) is 43.3 Å². The van der Waals surface area contributed by atoms with Crippen molar-refractivity contribution in [2.75, 3.05) is 20.1 Å². The summed E-state index contributed by atoms with van der Waals surface area (Å²) in [7, 11) is 2.10. The second kappa shape index (κ2) is 5.78. The highest BCUT2D eigenvalue weighted by atomic mass is 19.4. The molecule has 1 saturated heterocycles. The molecule has 1 saturated carbocycles. The van der Waals surface area contributed by atoms with Gasteiger partial charge in [-0.1, -0.05) is 6.42 Å². The molecule has 0 aromatic heterocycles. The van der Waals surface area contributed by atoms with Gasteiger partial charge in [0.05, 0.1) is 5.92 Å². The van der Waals surface area contributed by atoms with Crippen molar-refractivity contribution in [1.82, 2.24) is 10.2 Å². The third kappa shape index (κ3) is 3.60. The Balaban J connectivity index is 1.76. The van der Waals surface area contributed by atoms with Gasteiger partial charge in [0.1, 0.15) is 0 Å². The molecule has 18 heavy (non-hydrogen) atoms. The van der Waals surface area contributed by atoms with E-state index in [1.165, 1.54) is 12.8 Å². The number of likely N-dealkylation sites (tertiary alicyclic amines) is 1. The SMILES string of the molecule is CN1CCC[C@@H]1CN[C@@H]1CCC[C@@H](C(F)(F)F)C1. The van der Waals surface area contributed by atoms with Gasteiger partial charge in [-0.25, -0.2) is 0 Å². The number of nitrogens with one attached hydrogen (secondary N) is 1. The van der Waals surface area contributed by atoms with Gasteiger partial charge in [-0.05, 0) is 45.7 Å². The van der Waals surface area contributed by atoms with Crippen LogP contribution in [-0.2, 0) is 0 Å². The first-order chi connectivity index (χ1) is 8.47. The van der Waals surface area contributed by atoms with Crippen LogP contribution < -0.4 is 5.32 Å². The molecular formula is C13H23F3N2. The molecule has 1 aliphatic carbocycles. The summed E-state index contributed by atoms with van der Waals surface area (Å²) in [6, 6.07) is 0.565. The highest BCUT2D eigenvalue weighted by molar-refractivity contribution is 4.85. The summed E-state index contributed by atoms with van der Waals surface area (Å²) in [5, 5.41) is 3.35. The average molecular weight is 264 g/mol. The Kier molecular flexibility index (Phi) is 4.54. The van der Waals surface area contributed by atoms with Crippen molar-refractivity contribution in [2.45, 2.75) is 56.8 Å². The van der Waals surface area contributed by atoms with Crippen LogP contribution in [0.4, 0.5) is 13.2 Å². The lowest BCUT2D eigenvalue weighted by Crippen LogP contribution is -2.44. The fraction of sp³-hybridized carbons (Fsp3) is 1.00. The third-order valence-corrected chi connectivity index (χ3v) is 4.45. The Hall–Kier alpha value is -0.290. The van der Waals surface area contributed by atoms with E-state index in [4.69, 9.17) is 0 Å². The van der Waals surface area contributed by atoms with E-state index in [2.05, 4.69) is 17.3 Å². The van der Waals surface area contributed by atoms with Gasteiger partial charge < -0.3 is 10.2 Å². The van der Waals surface area contributed by atoms with E-state index in [0.717, 1.165) is 19.5 Å². The Labute approximate surface area is 107 Å². The Morgan fingerprint density at radius 2 is 1.94 bits per heavy atom. The molecule has 0 amide bonds. The molecule has 2 fully saturated rings. The Bertz CT molecular complexity index is 267. The second-order valence-electron chi connectivity index (χ2n) is 5.79. The summed E-state index contributed by atoms with van der Waals surface area (Å²) in [4.78, 5) is 2.30. The third-order valence-electron chi connectivity index (χ3n) is 4.45. The van der Waals surface area contributed by atoms with Crippen LogP contribution in [0.2, 0.25) is 0 Å². The number of nitrogens with zero attached hydrogens (tertiary/aromatic N) is 1. The molecule has 0 spiro atoms. The van der Waals surface area contributed by atoms with Gasteiger partial charge in [0, 0.05) is 18.6 Å². The zero-order valence-electron chi connectivity index (χ0n) is 11.0. The summed E-state index contributed by atoms with van der Waals surface area (Å²) in [6.45, 7) is 1.95. The molecule has 106 valence electrons. The van der Waals surface area contributed by atoms with Crippen LogP contribution in [0.15, 0.2) is 0 Å². The average Bonchev–Trinajstić information content (AvgIpc) is 2.72. The largest absolute Gasteiger partial charge is 0.391 e. The molecule has 1 N–H and O–H groups in total. The quantitative estimate of drug-likeness (QED) is 0.843. The Morgan fingerprint density at radius 1 is 1.17 bits per heavy atom. The van der Waals surface area contributed by atoms with E-state index in [0.29, 0.717) is 18.9 Å². The molecule has 0 unspecified atom stereocenters. The number of hydrogen-bond donors (Lipinski definition) is 1. The van der Waals surface area contributed by atoms with E-state index >= 15 is 0 Å². The maximum absolute atomic E-state index is 12.7. The van der Waals surface area contributed by atoms with Crippen LogP contribution in [0.25, 0.3) is 0 Å². The predicted molar refractivity (Wildman–Crippen MR) is 65.5 cm³/mol. The van der Waals surface area contributed by atoms with Crippen LogP contribution in [0.3, 0.4) is 0 Å². The topological polar surface area (TPSA) is 15.3 Å². The van der Waals surface area contributed by atoms with Crippen molar-refractivity contribution in [1.29, 1.82) is 0 Å². The van der Waals surface area contributed by atoms with Crippen molar-refractivity contribution in [3.05, 3.63) is 0 Å². The van der Waals surface area contributed by atoms with Gasteiger partial charge in [0.25, 0.3) is 0 Å². The van der Waals surface area contributed by atoms with Crippen LogP contribution in [0.5, 0.6) is 0 Å². The molecule has 0 aromatic rings. The minimum Gasteiger partial charge on any atom is -0.312 e. The van der Waals surface area contributed by atoms with Gasteiger partial charge in [-0.2, -0.15) is 13.2 Å². The fourth-order valence-corrected chi connectivity index (χ4v) is 3.21. The highest BCUT2D eigenvalue weighted by Gasteiger charge is 2.42. The smallest absolute Gasteiger partial charge is 0.312 e. The Morgan fingerprint density at radius 3 is 2.56 bits per heavy atom. The molecule has 5 heteroatoms. The van der Waals surface area contributed by atoms with Crippen molar-refractivity contribution in [3.63, 3.8) is 0 Å². The summed E-state index contributed by atoms with van der Waals surface area (Å²) in [6.07, 6.45) is 0.526. The zero-order chi connectivity index (χ0) is 13.2. The van der Waals surface area contributed by atoms with Crippen LogP contribution in [0.1, 0.15) is 38.5 Å². The highest BCUT2D eigenvalue weighted by Crippen LogP contribution is 2.37. The number of likely N-dealkylation sites (N-methyl/N-ethyl adjacent to an activating group) is 1. The molecular weight excluding hydrogens is 241 g/mol. The summed E-state index contributed by atoms with van der Waals surface area (Å²) < 4.78 is 38.0. The standard InChI is InChI=1S/C13H23F3N2/c1-18-7-3-6-12(18)9-17-11-5-2-4-10(8-11)13(14,15)16/h10-12,17H,2-9H2,1H3/t10-,11-,12-/m1/s1.